The molecule has 0 aromatic heterocycles. The summed E-state index contributed by atoms with van der Waals surface area (Å²) in [6.07, 6.45) is 4.06. The van der Waals surface area contributed by atoms with Gasteiger partial charge in [0, 0.05) is 0 Å². The first kappa shape index (κ1) is 8.89. The van der Waals surface area contributed by atoms with Crippen LogP contribution in [0.3, 0.4) is 0 Å². The molecule has 10 heavy (non-hydrogen) atoms. The summed E-state index contributed by atoms with van der Waals surface area (Å²) >= 11 is 1.36. The Morgan fingerprint density at radius 1 is 1.40 bits per heavy atom. The van der Waals surface area contributed by atoms with Gasteiger partial charge in [-0.1, -0.05) is 0 Å². The number of rotatable bonds is 1. The fraction of sp³-hybridized carbons (Fsp3) is 1.00. The zero-order valence-electron chi connectivity index (χ0n) is 7.02. The van der Waals surface area contributed by atoms with E-state index in [0.29, 0.717) is 3.82 Å². The van der Waals surface area contributed by atoms with Crippen LogP contribution >= 0.6 is 0 Å². The second-order valence-corrected chi connectivity index (χ2v) is 11.1. The first-order valence-corrected chi connectivity index (χ1v) is 8.51. The van der Waals surface area contributed by atoms with Gasteiger partial charge in [-0.15, -0.1) is 0 Å². The predicted molar refractivity (Wildman–Crippen MR) is 41.4 cm³/mol. The third kappa shape index (κ3) is 1.90. The number of hydrogen-bond acceptors (Lipinski definition) is 1. The van der Waals surface area contributed by atoms with Crippen molar-refractivity contribution in [2.24, 2.45) is 0 Å². The third-order valence-corrected chi connectivity index (χ3v) is 11.3. The first-order chi connectivity index (χ1) is 4.65. The van der Waals surface area contributed by atoms with Gasteiger partial charge in [-0.3, -0.25) is 0 Å². The SMILES string of the molecule is C[SiH](C)[C]1([Zn])CCCCO1. The van der Waals surface area contributed by atoms with Gasteiger partial charge in [0.25, 0.3) is 0 Å². The Bertz CT molecular complexity index is 110. The predicted octanol–water partition coefficient (Wildman–Crippen LogP) is 1.46. The van der Waals surface area contributed by atoms with Crippen LogP contribution in [-0.2, 0) is 23.0 Å². The van der Waals surface area contributed by atoms with Crippen molar-refractivity contribution >= 4 is 8.80 Å². The van der Waals surface area contributed by atoms with Crippen LogP contribution in [0.15, 0.2) is 0 Å². The molecule has 1 fully saturated rings. The van der Waals surface area contributed by atoms with Crippen molar-refractivity contribution in [2.75, 3.05) is 6.61 Å². The molecule has 0 aromatic carbocycles. The molecule has 0 aliphatic carbocycles. The van der Waals surface area contributed by atoms with Crippen molar-refractivity contribution < 1.29 is 23.0 Å². The Morgan fingerprint density at radius 2 is 2.10 bits per heavy atom. The average molecular weight is 209 g/mol. The molecule has 0 amide bonds. The molecule has 1 saturated heterocycles. The number of ether oxygens (including phenoxy) is 1. The summed E-state index contributed by atoms with van der Waals surface area (Å²) in [7, 11) is -0.534. The second kappa shape index (κ2) is 3.46. The second-order valence-electron chi connectivity index (χ2n) is 3.53. The molecular weight excluding hydrogens is 194 g/mol. The van der Waals surface area contributed by atoms with Gasteiger partial charge in [0.05, 0.1) is 0 Å². The quantitative estimate of drug-likeness (QED) is 0.593. The zero-order valence-corrected chi connectivity index (χ0v) is 11.1. The Kier molecular flexibility index (Phi) is 3.08. The standard InChI is InChI=1S/C7H15OSi.Zn/c1-9(2)7-5-3-4-6-8-7;/h9H,3-6H2,1-2H3;. The van der Waals surface area contributed by atoms with Crippen molar-refractivity contribution in [3.05, 3.63) is 0 Å². The van der Waals surface area contributed by atoms with Crippen LogP contribution in [-0.4, -0.2) is 19.2 Å². The monoisotopic (exact) mass is 207 g/mol. The van der Waals surface area contributed by atoms with Crippen molar-refractivity contribution in [2.45, 2.75) is 36.2 Å². The summed E-state index contributed by atoms with van der Waals surface area (Å²) in [4.78, 5) is 0. The van der Waals surface area contributed by atoms with Crippen molar-refractivity contribution in [1.29, 1.82) is 0 Å². The van der Waals surface area contributed by atoms with Crippen LogP contribution in [0.5, 0.6) is 0 Å². The van der Waals surface area contributed by atoms with Gasteiger partial charge in [0.1, 0.15) is 0 Å². The summed E-state index contributed by atoms with van der Waals surface area (Å²) in [6, 6.07) is 0. The van der Waals surface area contributed by atoms with Gasteiger partial charge in [0.2, 0.25) is 0 Å². The molecule has 0 radical (unpaired) electrons. The van der Waals surface area contributed by atoms with Crippen molar-refractivity contribution in [3.8, 4) is 0 Å². The molecule has 1 rings (SSSR count). The fourth-order valence-electron chi connectivity index (χ4n) is 1.33. The van der Waals surface area contributed by atoms with Gasteiger partial charge in [0.15, 0.2) is 0 Å². The molecule has 0 aromatic rings. The molecular formula is C7H15OSiZn. The van der Waals surface area contributed by atoms with Gasteiger partial charge in [-0.2, -0.15) is 0 Å². The summed E-state index contributed by atoms with van der Waals surface area (Å²) in [5, 5.41) is 0. The molecule has 55 valence electrons. The summed E-state index contributed by atoms with van der Waals surface area (Å²) < 4.78 is 6.29. The molecule has 0 N–H and O–H groups in total. The number of hydrogen-bond donors (Lipinski definition) is 0. The normalized spacial score (nSPS) is 34.9. The molecule has 1 atom stereocenters. The van der Waals surface area contributed by atoms with E-state index in [4.69, 9.17) is 4.74 Å². The molecule has 1 aliphatic heterocycles. The Labute approximate surface area is 74.8 Å². The van der Waals surface area contributed by atoms with E-state index in [0.717, 1.165) is 6.61 Å². The van der Waals surface area contributed by atoms with Gasteiger partial charge in [-0.25, -0.2) is 0 Å². The van der Waals surface area contributed by atoms with E-state index in [1.807, 2.05) is 0 Å². The van der Waals surface area contributed by atoms with Gasteiger partial charge in [-0.05, 0) is 0 Å². The van der Waals surface area contributed by atoms with Crippen LogP contribution in [0, 0.1) is 0 Å². The van der Waals surface area contributed by atoms with Gasteiger partial charge >= 0.3 is 74.6 Å². The maximum atomic E-state index is 5.84. The van der Waals surface area contributed by atoms with Crippen LogP contribution < -0.4 is 0 Å². The maximum absolute atomic E-state index is 5.84. The van der Waals surface area contributed by atoms with E-state index >= 15 is 0 Å². The summed E-state index contributed by atoms with van der Waals surface area (Å²) in [6.45, 7) is 5.86. The van der Waals surface area contributed by atoms with E-state index < -0.39 is 8.80 Å². The Balaban J connectivity index is 2.48. The van der Waals surface area contributed by atoms with Crippen LogP contribution in [0.1, 0.15) is 19.3 Å². The Hall–Kier alpha value is 0.800. The molecule has 0 spiro atoms. The average Bonchev–Trinajstić information content (AvgIpc) is 1.89. The third-order valence-electron chi connectivity index (χ3n) is 2.44. The van der Waals surface area contributed by atoms with E-state index in [1.54, 1.807) is 0 Å². The van der Waals surface area contributed by atoms with Crippen LogP contribution in [0.2, 0.25) is 13.1 Å². The van der Waals surface area contributed by atoms with E-state index in [9.17, 15) is 0 Å². The molecule has 1 heterocycles. The minimum atomic E-state index is -0.534. The molecule has 1 nitrogen and oxygen atoms in total. The van der Waals surface area contributed by atoms with Crippen molar-refractivity contribution in [3.63, 3.8) is 0 Å². The molecule has 0 saturated carbocycles. The Morgan fingerprint density at radius 3 is 2.40 bits per heavy atom. The van der Waals surface area contributed by atoms with E-state index in [2.05, 4.69) is 13.1 Å². The zero-order chi connectivity index (χ0) is 7.61. The van der Waals surface area contributed by atoms with E-state index in [1.165, 1.54) is 37.6 Å². The van der Waals surface area contributed by atoms with Gasteiger partial charge < -0.3 is 0 Å². The summed E-state index contributed by atoms with van der Waals surface area (Å²) in [5.41, 5.74) is 0. The fourth-order valence-corrected chi connectivity index (χ4v) is 3.39. The minimum absolute atomic E-state index is 0.443. The molecule has 1 aliphatic rings. The molecule has 0 bridgehead atoms. The van der Waals surface area contributed by atoms with Crippen molar-refractivity contribution in [1.82, 2.24) is 0 Å². The van der Waals surface area contributed by atoms with E-state index in [-0.39, 0.29) is 0 Å². The van der Waals surface area contributed by atoms with Crippen LogP contribution in [0.25, 0.3) is 0 Å². The first-order valence-electron chi connectivity index (χ1n) is 4.14. The summed E-state index contributed by atoms with van der Waals surface area (Å²) in [5.74, 6) is 0. The molecule has 3 heteroatoms. The molecule has 1 unspecified atom stereocenters. The van der Waals surface area contributed by atoms with Crippen LogP contribution in [0.4, 0.5) is 0 Å². The topological polar surface area (TPSA) is 9.23 Å².